The Labute approximate surface area is 118 Å². The summed E-state index contributed by atoms with van der Waals surface area (Å²) < 4.78 is 5.40. The van der Waals surface area contributed by atoms with E-state index in [1.165, 1.54) is 16.7 Å². The summed E-state index contributed by atoms with van der Waals surface area (Å²) in [5.74, 6) is 0.959. The molecule has 1 atom stereocenters. The second-order valence-electron chi connectivity index (χ2n) is 5.94. The van der Waals surface area contributed by atoms with Crippen molar-refractivity contribution in [3.63, 3.8) is 0 Å². The molecule has 0 aromatic heterocycles. The van der Waals surface area contributed by atoms with Crippen molar-refractivity contribution in [2.45, 2.75) is 39.3 Å². The van der Waals surface area contributed by atoms with Crippen molar-refractivity contribution >= 4 is 0 Å². The second kappa shape index (κ2) is 5.93. The van der Waals surface area contributed by atoms with Crippen molar-refractivity contribution in [3.05, 3.63) is 28.8 Å². The molecule has 1 N–H and O–H groups in total. The van der Waals surface area contributed by atoms with Crippen LogP contribution < -0.4 is 10.1 Å². The van der Waals surface area contributed by atoms with Gasteiger partial charge in [0.1, 0.15) is 5.75 Å². The van der Waals surface area contributed by atoms with Gasteiger partial charge in [-0.3, -0.25) is 0 Å². The first-order valence-electron chi connectivity index (χ1n) is 6.75. The van der Waals surface area contributed by atoms with E-state index < -0.39 is 0 Å². The van der Waals surface area contributed by atoms with Crippen LogP contribution in [-0.2, 0) is 0 Å². The molecule has 0 saturated heterocycles. The molecule has 0 saturated carbocycles. The molecule has 1 rings (SSSR count). The van der Waals surface area contributed by atoms with Crippen LogP contribution in [0, 0.1) is 13.8 Å². The molecular weight excluding hydrogens is 236 g/mol. The highest BCUT2D eigenvalue weighted by Gasteiger charge is 2.32. The fourth-order valence-electron chi connectivity index (χ4n) is 2.78. The highest BCUT2D eigenvalue weighted by Crippen LogP contribution is 2.35. The molecule has 1 unspecified atom stereocenters. The molecule has 0 aliphatic carbocycles. The van der Waals surface area contributed by atoms with Gasteiger partial charge >= 0.3 is 0 Å². The monoisotopic (exact) mass is 264 g/mol. The summed E-state index contributed by atoms with van der Waals surface area (Å²) in [7, 11) is 8.00. The van der Waals surface area contributed by atoms with E-state index in [4.69, 9.17) is 4.74 Å². The Balaban J connectivity index is 3.37. The summed E-state index contributed by atoms with van der Waals surface area (Å²) in [6.07, 6.45) is 0. The van der Waals surface area contributed by atoms with Crippen molar-refractivity contribution in [3.8, 4) is 5.75 Å². The quantitative estimate of drug-likeness (QED) is 0.885. The molecule has 0 spiro atoms. The first-order chi connectivity index (χ1) is 8.76. The topological polar surface area (TPSA) is 24.5 Å². The molecule has 3 nitrogen and oxygen atoms in total. The highest BCUT2D eigenvalue weighted by atomic mass is 16.5. The summed E-state index contributed by atoms with van der Waals surface area (Å²) in [5.41, 5.74) is 3.87. The Bertz CT molecular complexity index is 439. The molecule has 1 aromatic rings. The third-order valence-corrected chi connectivity index (χ3v) is 4.14. The Morgan fingerprint density at radius 3 is 2.16 bits per heavy atom. The van der Waals surface area contributed by atoms with Crippen molar-refractivity contribution in [2.75, 3.05) is 28.3 Å². The predicted molar refractivity (Wildman–Crippen MR) is 82.0 cm³/mol. The van der Waals surface area contributed by atoms with E-state index >= 15 is 0 Å². The Hall–Kier alpha value is -1.06. The van der Waals surface area contributed by atoms with Crippen molar-refractivity contribution in [1.29, 1.82) is 0 Å². The molecule has 0 bridgehead atoms. The first-order valence-corrected chi connectivity index (χ1v) is 6.75. The predicted octanol–water partition coefficient (Wildman–Crippen LogP) is 2.91. The third kappa shape index (κ3) is 3.10. The van der Waals surface area contributed by atoms with Gasteiger partial charge in [-0.2, -0.15) is 0 Å². The largest absolute Gasteiger partial charge is 0.496 e. The standard InChI is InChI=1S/C16H28N2O/c1-11-12(2)14(19-8)10-9-13(11)15(18(6)7)16(3,4)17-5/h9-10,15,17H,1-8H3. The van der Waals surface area contributed by atoms with Crippen LogP contribution in [0.15, 0.2) is 12.1 Å². The van der Waals surface area contributed by atoms with Crippen LogP contribution in [0.3, 0.4) is 0 Å². The van der Waals surface area contributed by atoms with Gasteiger partial charge in [0.15, 0.2) is 0 Å². The van der Waals surface area contributed by atoms with Crippen LogP contribution in [-0.4, -0.2) is 38.7 Å². The van der Waals surface area contributed by atoms with E-state index in [0.29, 0.717) is 6.04 Å². The number of benzene rings is 1. The van der Waals surface area contributed by atoms with Gasteiger partial charge in [-0.1, -0.05) is 6.07 Å². The number of hydrogen-bond donors (Lipinski definition) is 1. The molecule has 0 radical (unpaired) electrons. The van der Waals surface area contributed by atoms with E-state index in [-0.39, 0.29) is 5.54 Å². The van der Waals surface area contributed by atoms with Crippen LogP contribution in [0.1, 0.15) is 36.6 Å². The summed E-state index contributed by atoms with van der Waals surface area (Å²) in [5, 5.41) is 3.42. The minimum Gasteiger partial charge on any atom is -0.496 e. The molecule has 1 aromatic carbocycles. The smallest absolute Gasteiger partial charge is 0.122 e. The highest BCUT2D eigenvalue weighted by molar-refractivity contribution is 5.45. The number of rotatable bonds is 5. The van der Waals surface area contributed by atoms with E-state index in [9.17, 15) is 0 Å². The fraction of sp³-hybridized carbons (Fsp3) is 0.625. The van der Waals surface area contributed by atoms with Crippen molar-refractivity contribution in [1.82, 2.24) is 10.2 Å². The van der Waals surface area contributed by atoms with E-state index in [1.54, 1.807) is 7.11 Å². The number of nitrogens with one attached hydrogen (secondary N) is 1. The summed E-state index contributed by atoms with van der Waals surface area (Å²) >= 11 is 0. The lowest BCUT2D eigenvalue weighted by Crippen LogP contribution is -2.48. The molecule has 108 valence electrons. The maximum absolute atomic E-state index is 5.40. The molecule has 19 heavy (non-hydrogen) atoms. The Morgan fingerprint density at radius 2 is 1.74 bits per heavy atom. The number of nitrogens with zero attached hydrogens (tertiary/aromatic N) is 1. The van der Waals surface area contributed by atoms with Gasteiger partial charge in [-0.25, -0.2) is 0 Å². The molecule has 0 aliphatic heterocycles. The molecule has 0 fully saturated rings. The zero-order valence-corrected chi connectivity index (χ0v) is 13.6. The fourth-order valence-corrected chi connectivity index (χ4v) is 2.78. The zero-order chi connectivity index (χ0) is 14.8. The number of likely N-dealkylation sites (N-methyl/N-ethyl adjacent to an activating group) is 2. The molecule has 0 heterocycles. The summed E-state index contributed by atoms with van der Waals surface area (Å²) in [6, 6.07) is 4.56. The van der Waals surface area contributed by atoms with E-state index in [2.05, 4.69) is 64.1 Å². The zero-order valence-electron chi connectivity index (χ0n) is 13.6. The van der Waals surface area contributed by atoms with E-state index in [1.807, 2.05) is 7.05 Å². The lowest BCUT2D eigenvalue weighted by atomic mass is 9.84. The van der Waals surface area contributed by atoms with E-state index in [0.717, 1.165) is 5.75 Å². The molecule has 0 aliphatic rings. The normalized spacial score (nSPS) is 13.7. The lowest BCUT2D eigenvalue weighted by molar-refractivity contribution is 0.176. The van der Waals surface area contributed by atoms with Gasteiger partial charge in [0.05, 0.1) is 13.2 Å². The minimum absolute atomic E-state index is 0.00467. The summed E-state index contributed by atoms with van der Waals surface area (Å²) in [4.78, 5) is 2.27. The van der Waals surface area contributed by atoms with Crippen molar-refractivity contribution in [2.24, 2.45) is 0 Å². The van der Waals surface area contributed by atoms with Gasteiger partial charge in [-0.15, -0.1) is 0 Å². The molecule has 3 heteroatoms. The number of methoxy groups -OCH3 is 1. The average Bonchev–Trinajstić information content (AvgIpc) is 2.34. The maximum Gasteiger partial charge on any atom is 0.122 e. The second-order valence-corrected chi connectivity index (χ2v) is 5.94. The SMILES string of the molecule is CNC(C)(C)C(c1ccc(OC)c(C)c1C)N(C)C. The van der Waals surface area contributed by atoms with Gasteiger partial charge in [0.2, 0.25) is 0 Å². The maximum atomic E-state index is 5.40. The minimum atomic E-state index is -0.00467. The van der Waals surface area contributed by atoms with Crippen molar-refractivity contribution < 1.29 is 4.74 Å². The first kappa shape index (κ1) is 16.0. The van der Waals surface area contributed by atoms with Gasteiger partial charge < -0.3 is 15.0 Å². The summed E-state index contributed by atoms with van der Waals surface area (Å²) in [6.45, 7) is 8.76. The molecule has 0 amide bonds. The Morgan fingerprint density at radius 1 is 1.16 bits per heavy atom. The number of ether oxygens (including phenoxy) is 1. The lowest BCUT2D eigenvalue weighted by Gasteiger charge is -2.40. The average molecular weight is 264 g/mol. The molecular formula is C16H28N2O. The van der Waals surface area contributed by atoms with Gasteiger partial charge in [0, 0.05) is 5.54 Å². The van der Waals surface area contributed by atoms with Gasteiger partial charge in [0.25, 0.3) is 0 Å². The Kier molecular flexibility index (Phi) is 4.99. The van der Waals surface area contributed by atoms with Crippen LogP contribution in [0.25, 0.3) is 0 Å². The number of hydrogen-bond acceptors (Lipinski definition) is 3. The van der Waals surface area contributed by atoms with Crippen LogP contribution in [0.2, 0.25) is 0 Å². The van der Waals surface area contributed by atoms with Gasteiger partial charge in [-0.05, 0) is 71.6 Å². The third-order valence-electron chi connectivity index (χ3n) is 4.14. The van der Waals surface area contributed by atoms with Crippen LogP contribution in [0.4, 0.5) is 0 Å². The van der Waals surface area contributed by atoms with Crippen LogP contribution >= 0.6 is 0 Å². The van der Waals surface area contributed by atoms with Crippen LogP contribution in [0.5, 0.6) is 5.75 Å².